The van der Waals surface area contributed by atoms with Gasteiger partial charge < -0.3 is 10.2 Å². The predicted octanol–water partition coefficient (Wildman–Crippen LogP) is 4.21. The summed E-state index contributed by atoms with van der Waals surface area (Å²) < 4.78 is 0.628. The molecule has 2 rings (SSSR count). The molecule has 5 heteroatoms. The number of carbonyl (C=O) groups is 1. The Kier molecular flexibility index (Phi) is 6.12. The maximum atomic E-state index is 12.6. The van der Waals surface area contributed by atoms with Crippen molar-refractivity contribution in [3.05, 3.63) is 42.7 Å². The van der Waals surface area contributed by atoms with Gasteiger partial charge in [-0.1, -0.05) is 18.2 Å². The summed E-state index contributed by atoms with van der Waals surface area (Å²) in [6.45, 7) is 14.4. The van der Waals surface area contributed by atoms with Crippen molar-refractivity contribution < 1.29 is 9.28 Å². The third kappa shape index (κ3) is 4.52. The molecule has 0 fully saturated rings. The summed E-state index contributed by atoms with van der Waals surface area (Å²) in [5.74, 6) is 0.0477. The molecular weight excluding hydrogens is 322 g/mol. The van der Waals surface area contributed by atoms with E-state index in [2.05, 4.69) is 64.2 Å². The fourth-order valence-corrected chi connectivity index (χ4v) is 2.76. The molecule has 0 spiro atoms. The summed E-state index contributed by atoms with van der Waals surface area (Å²) in [7, 11) is 0. The second-order valence-corrected chi connectivity index (χ2v) is 8.36. The summed E-state index contributed by atoms with van der Waals surface area (Å²) in [5.41, 5.74) is 0.850. The lowest BCUT2D eigenvalue weighted by molar-refractivity contribution is -0.919. The van der Waals surface area contributed by atoms with E-state index in [1.54, 1.807) is 0 Å². The van der Waals surface area contributed by atoms with Gasteiger partial charge in [0.15, 0.2) is 13.2 Å². The Morgan fingerprint density at radius 3 is 2.17 bits per heavy atom. The standard InChI is InChI=1S/C19H29N3O.ClH/c1-18(2,3)21-12-13-22(15-21,19(4,5)6)14-17(23)20-16-10-8-7-9-11-16;/h7-13H,14-15H2,1-6H3;1H/p+1. The molecule has 0 saturated carbocycles. The second-order valence-electron chi connectivity index (χ2n) is 8.36. The number of carbonyl (C=O) groups excluding carboxylic acids is 1. The molecule has 0 aliphatic carbocycles. The summed E-state index contributed by atoms with van der Waals surface area (Å²) in [6.07, 6.45) is 4.32. The van der Waals surface area contributed by atoms with Crippen LogP contribution in [0, 0.1) is 0 Å². The number of nitrogens with one attached hydrogen (secondary N) is 1. The molecule has 1 N–H and O–H groups in total. The quantitative estimate of drug-likeness (QED) is 0.826. The molecule has 0 radical (unpaired) electrons. The number of para-hydroxylation sites is 1. The third-order valence-electron chi connectivity index (χ3n) is 4.62. The molecule has 1 aliphatic heterocycles. The largest absolute Gasteiger partial charge is 0.321 e. The SMILES string of the molecule is CC(C)(C)N1C=C[N+](CC(=O)Nc2ccccc2)(C(C)(C)C)C1.Cl. The summed E-state index contributed by atoms with van der Waals surface area (Å²) in [6, 6.07) is 9.64. The number of amides is 1. The minimum atomic E-state index is -0.0511. The van der Waals surface area contributed by atoms with Crippen LogP contribution in [0.3, 0.4) is 0 Å². The van der Waals surface area contributed by atoms with Crippen LogP contribution >= 0.6 is 12.4 Å². The van der Waals surface area contributed by atoms with Crippen LogP contribution in [0.1, 0.15) is 41.5 Å². The van der Waals surface area contributed by atoms with Crippen LogP contribution in [-0.4, -0.2) is 39.6 Å². The average molecular weight is 353 g/mol. The molecule has 134 valence electrons. The topological polar surface area (TPSA) is 32.3 Å². The molecule has 24 heavy (non-hydrogen) atoms. The molecule has 4 nitrogen and oxygen atoms in total. The van der Waals surface area contributed by atoms with E-state index in [9.17, 15) is 4.79 Å². The normalized spacial score (nSPS) is 20.7. The number of quaternary nitrogens is 1. The van der Waals surface area contributed by atoms with Crippen LogP contribution in [0.25, 0.3) is 0 Å². The number of anilines is 1. The molecule has 1 unspecified atom stereocenters. The van der Waals surface area contributed by atoms with E-state index < -0.39 is 0 Å². The molecular formula is C19H31ClN3O+. The molecule has 0 aromatic heterocycles. The van der Waals surface area contributed by atoms with E-state index in [1.165, 1.54) is 0 Å². The summed E-state index contributed by atoms with van der Waals surface area (Å²) in [4.78, 5) is 14.9. The minimum absolute atomic E-state index is 0. The first-order chi connectivity index (χ1) is 10.5. The minimum Gasteiger partial charge on any atom is -0.321 e. The van der Waals surface area contributed by atoms with Gasteiger partial charge in [0, 0.05) is 11.2 Å². The van der Waals surface area contributed by atoms with E-state index >= 15 is 0 Å². The van der Waals surface area contributed by atoms with Gasteiger partial charge in [-0.05, 0) is 53.7 Å². The molecule has 1 heterocycles. The summed E-state index contributed by atoms with van der Waals surface area (Å²) >= 11 is 0. The highest BCUT2D eigenvalue weighted by Crippen LogP contribution is 2.33. The molecule has 1 aromatic rings. The Bertz CT molecular complexity index is 587. The number of nitrogens with zero attached hydrogens (tertiary/aromatic N) is 2. The van der Waals surface area contributed by atoms with E-state index in [-0.39, 0.29) is 29.4 Å². The van der Waals surface area contributed by atoms with E-state index in [0.717, 1.165) is 12.4 Å². The van der Waals surface area contributed by atoms with Crippen molar-refractivity contribution in [2.75, 3.05) is 18.5 Å². The van der Waals surface area contributed by atoms with Crippen LogP contribution < -0.4 is 5.32 Å². The number of hydrogen-bond acceptors (Lipinski definition) is 2. The molecule has 1 aliphatic rings. The van der Waals surface area contributed by atoms with Gasteiger partial charge in [-0.2, -0.15) is 0 Å². The van der Waals surface area contributed by atoms with Gasteiger partial charge in [-0.25, -0.2) is 0 Å². The average Bonchev–Trinajstić information content (AvgIpc) is 2.84. The zero-order valence-corrected chi connectivity index (χ0v) is 16.5. The maximum absolute atomic E-state index is 12.6. The van der Waals surface area contributed by atoms with Crippen LogP contribution in [0.4, 0.5) is 5.69 Å². The molecule has 1 aromatic carbocycles. The van der Waals surface area contributed by atoms with E-state index in [0.29, 0.717) is 11.0 Å². The van der Waals surface area contributed by atoms with Crippen LogP contribution in [-0.2, 0) is 4.79 Å². The van der Waals surface area contributed by atoms with Gasteiger partial charge in [-0.15, -0.1) is 12.4 Å². The third-order valence-corrected chi connectivity index (χ3v) is 4.62. The smallest absolute Gasteiger partial charge is 0.280 e. The second kappa shape index (κ2) is 7.16. The lowest BCUT2D eigenvalue weighted by atomic mass is 10.0. The van der Waals surface area contributed by atoms with Crippen molar-refractivity contribution in [2.45, 2.75) is 52.6 Å². The van der Waals surface area contributed by atoms with Crippen molar-refractivity contribution in [3.63, 3.8) is 0 Å². The van der Waals surface area contributed by atoms with Crippen molar-refractivity contribution in [1.82, 2.24) is 4.90 Å². The van der Waals surface area contributed by atoms with Crippen molar-refractivity contribution >= 4 is 24.0 Å². The Morgan fingerprint density at radius 2 is 1.71 bits per heavy atom. The van der Waals surface area contributed by atoms with Crippen molar-refractivity contribution in [2.24, 2.45) is 0 Å². The Hall–Kier alpha value is -1.52. The monoisotopic (exact) mass is 352 g/mol. The van der Waals surface area contributed by atoms with E-state index in [1.807, 2.05) is 30.3 Å². The van der Waals surface area contributed by atoms with Crippen molar-refractivity contribution in [3.8, 4) is 0 Å². The first-order valence-electron chi connectivity index (χ1n) is 8.21. The van der Waals surface area contributed by atoms with Crippen LogP contribution in [0.15, 0.2) is 42.7 Å². The fraction of sp³-hybridized carbons (Fsp3) is 0.526. The lowest BCUT2D eigenvalue weighted by Gasteiger charge is -2.45. The number of hydrogen-bond donors (Lipinski definition) is 1. The Labute approximate surface area is 152 Å². The van der Waals surface area contributed by atoms with Crippen molar-refractivity contribution in [1.29, 1.82) is 0 Å². The predicted molar refractivity (Wildman–Crippen MR) is 103 cm³/mol. The highest BCUT2D eigenvalue weighted by molar-refractivity contribution is 5.91. The Morgan fingerprint density at radius 1 is 1.12 bits per heavy atom. The van der Waals surface area contributed by atoms with Gasteiger partial charge in [0.25, 0.3) is 5.91 Å². The van der Waals surface area contributed by atoms with Gasteiger partial charge >= 0.3 is 0 Å². The first-order valence-corrected chi connectivity index (χ1v) is 8.21. The molecule has 1 amide bonds. The zero-order chi connectivity index (χ0) is 17.3. The van der Waals surface area contributed by atoms with Crippen LogP contribution in [0.5, 0.6) is 0 Å². The number of benzene rings is 1. The molecule has 0 bridgehead atoms. The van der Waals surface area contributed by atoms with Gasteiger partial charge in [0.2, 0.25) is 0 Å². The fourth-order valence-electron chi connectivity index (χ4n) is 2.76. The zero-order valence-electron chi connectivity index (χ0n) is 15.7. The lowest BCUT2D eigenvalue weighted by Crippen LogP contribution is -2.61. The maximum Gasteiger partial charge on any atom is 0.280 e. The van der Waals surface area contributed by atoms with Gasteiger partial charge in [0.05, 0.1) is 11.7 Å². The molecule has 0 saturated heterocycles. The number of halogens is 1. The molecule has 1 atom stereocenters. The summed E-state index contributed by atoms with van der Waals surface area (Å²) in [5, 5.41) is 3.01. The highest BCUT2D eigenvalue weighted by Gasteiger charge is 2.46. The highest BCUT2D eigenvalue weighted by atomic mass is 35.5. The first kappa shape index (κ1) is 20.5. The van der Waals surface area contributed by atoms with Gasteiger partial charge in [0.1, 0.15) is 6.20 Å². The van der Waals surface area contributed by atoms with Gasteiger partial charge in [-0.3, -0.25) is 9.28 Å². The van der Waals surface area contributed by atoms with Crippen LogP contribution in [0.2, 0.25) is 0 Å². The Balaban J connectivity index is 0.00000288. The van der Waals surface area contributed by atoms with E-state index in [4.69, 9.17) is 0 Å². The number of rotatable bonds is 3.